The normalized spacial score (nSPS) is 20.5. The molecule has 1 atom stereocenters. The molecular formula is C40H64. The van der Waals surface area contributed by atoms with E-state index >= 15 is 0 Å². The lowest BCUT2D eigenvalue weighted by Gasteiger charge is -2.19. The van der Waals surface area contributed by atoms with E-state index in [0.29, 0.717) is 0 Å². The summed E-state index contributed by atoms with van der Waals surface area (Å²) in [5.41, 5.74) is 13.9. The fraction of sp³-hybridized carbons (Fsp3) is 0.600. The van der Waals surface area contributed by atoms with Gasteiger partial charge >= 0.3 is 0 Å². The summed E-state index contributed by atoms with van der Waals surface area (Å²) in [6.45, 7) is 28.4. The van der Waals surface area contributed by atoms with Crippen molar-refractivity contribution in [3.05, 3.63) is 93.2 Å². The quantitative estimate of drug-likeness (QED) is 0.310. The summed E-state index contributed by atoms with van der Waals surface area (Å²) in [4.78, 5) is 0. The summed E-state index contributed by atoms with van der Waals surface area (Å²) in [6, 6.07) is 0. The van der Waals surface area contributed by atoms with Crippen molar-refractivity contribution in [1.82, 2.24) is 0 Å². The molecular weight excluding hydrogens is 480 g/mol. The molecule has 0 heterocycles. The Kier molecular flexibility index (Phi) is 17.2. The third kappa shape index (κ3) is 15.1. The maximum absolute atomic E-state index is 3.97. The van der Waals surface area contributed by atoms with E-state index in [0.717, 1.165) is 17.8 Å². The molecule has 0 aromatic rings. The van der Waals surface area contributed by atoms with Gasteiger partial charge in [0, 0.05) is 0 Å². The van der Waals surface area contributed by atoms with Gasteiger partial charge in [-0.3, -0.25) is 0 Å². The van der Waals surface area contributed by atoms with Crippen LogP contribution in [0.5, 0.6) is 0 Å². The minimum absolute atomic E-state index is 0.740. The van der Waals surface area contributed by atoms with Crippen LogP contribution in [0.15, 0.2) is 93.2 Å². The zero-order valence-corrected chi connectivity index (χ0v) is 28.5. The van der Waals surface area contributed by atoms with Crippen LogP contribution in [-0.4, -0.2) is 0 Å². The summed E-state index contributed by atoms with van der Waals surface area (Å²) in [5, 5.41) is 0. The van der Waals surface area contributed by atoms with Gasteiger partial charge in [0.2, 0.25) is 0 Å². The zero-order valence-electron chi connectivity index (χ0n) is 28.5. The third-order valence-electron chi connectivity index (χ3n) is 8.81. The average Bonchev–Trinajstić information content (AvgIpc) is 2.91. The van der Waals surface area contributed by atoms with Gasteiger partial charge in [-0.2, -0.15) is 0 Å². The van der Waals surface area contributed by atoms with Crippen molar-refractivity contribution in [2.45, 2.75) is 140 Å². The second-order valence-corrected chi connectivity index (χ2v) is 13.5. The highest BCUT2D eigenvalue weighted by atomic mass is 14.2. The van der Waals surface area contributed by atoms with Gasteiger partial charge < -0.3 is 0 Å². The lowest BCUT2D eigenvalue weighted by atomic mass is 9.86. The molecule has 0 heteroatoms. The first-order chi connectivity index (χ1) is 18.8. The largest absolute Gasteiger partial charge is 0.0998 e. The molecule has 0 radical (unpaired) electrons. The van der Waals surface area contributed by atoms with Crippen molar-refractivity contribution in [2.24, 2.45) is 17.8 Å². The van der Waals surface area contributed by atoms with Crippen LogP contribution in [0.1, 0.15) is 140 Å². The van der Waals surface area contributed by atoms with Crippen LogP contribution >= 0.6 is 0 Å². The Balaban J connectivity index is 0.000000267. The van der Waals surface area contributed by atoms with Crippen molar-refractivity contribution in [3.8, 4) is 0 Å². The Hall–Kier alpha value is -2.08. The number of hydrogen-bond donors (Lipinski definition) is 0. The van der Waals surface area contributed by atoms with E-state index < -0.39 is 0 Å². The van der Waals surface area contributed by atoms with Crippen molar-refractivity contribution < 1.29 is 0 Å². The second-order valence-electron chi connectivity index (χ2n) is 13.5. The molecule has 224 valence electrons. The molecule has 0 saturated heterocycles. The summed E-state index contributed by atoms with van der Waals surface area (Å²) >= 11 is 0. The Morgan fingerprint density at radius 2 is 1.23 bits per heavy atom. The van der Waals surface area contributed by atoms with Gasteiger partial charge in [-0.25, -0.2) is 0 Å². The molecule has 0 amide bonds. The fourth-order valence-electron chi connectivity index (χ4n) is 5.18. The Morgan fingerprint density at radius 1 is 0.625 bits per heavy atom. The molecule has 4 aliphatic carbocycles. The average molecular weight is 545 g/mol. The number of allylic oxidation sites excluding steroid dienone is 15. The summed E-state index contributed by atoms with van der Waals surface area (Å²) in [7, 11) is 0. The first-order valence-electron chi connectivity index (χ1n) is 16.1. The van der Waals surface area contributed by atoms with E-state index in [9.17, 15) is 0 Å². The van der Waals surface area contributed by atoms with Crippen LogP contribution in [0.4, 0.5) is 0 Å². The van der Waals surface area contributed by atoms with Crippen LogP contribution in [0.25, 0.3) is 0 Å². The smallest absolute Gasteiger partial charge is 0.0133 e. The molecule has 4 aliphatic rings. The first kappa shape index (κ1) is 35.9. The SMILES string of the molecule is C=C(C)C1CC=C(C)CC1.CC1=CC=C(C(C)C)CC1.CC1=CCC(=C(C)C)CC1.CC1=CCC(C(C)C)=CC1. The van der Waals surface area contributed by atoms with E-state index in [4.69, 9.17) is 0 Å². The maximum atomic E-state index is 3.97. The van der Waals surface area contributed by atoms with E-state index in [1.807, 2.05) is 0 Å². The van der Waals surface area contributed by atoms with Crippen LogP contribution in [0, 0.1) is 17.8 Å². The third-order valence-corrected chi connectivity index (χ3v) is 8.81. The van der Waals surface area contributed by atoms with Crippen molar-refractivity contribution in [1.29, 1.82) is 0 Å². The Bertz CT molecular complexity index is 1020. The van der Waals surface area contributed by atoms with Crippen molar-refractivity contribution in [2.75, 3.05) is 0 Å². The molecule has 0 aromatic carbocycles. The van der Waals surface area contributed by atoms with Crippen LogP contribution in [0.3, 0.4) is 0 Å². The van der Waals surface area contributed by atoms with Gasteiger partial charge in [-0.15, -0.1) is 0 Å². The van der Waals surface area contributed by atoms with E-state index in [-0.39, 0.29) is 0 Å². The second kappa shape index (κ2) is 19.1. The van der Waals surface area contributed by atoms with Crippen LogP contribution in [-0.2, 0) is 0 Å². The zero-order chi connectivity index (χ0) is 30.2. The minimum Gasteiger partial charge on any atom is -0.0998 e. The van der Waals surface area contributed by atoms with E-state index in [1.165, 1.54) is 86.5 Å². The fourth-order valence-corrected chi connectivity index (χ4v) is 5.18. The molecule has 0 fully saturated rings. The monoisotopic (exact) mass is 545 g/mol. The topological polar surface area (TPSA) is 0 Å². The molecule has 0 aliphatic heterocycles. The lowest BCUT2D eigenvalue weighted by Crippen LogP contribution is -2.04. The molecule has 0 saturated carbocycles. The molecule has 4 rings (SSSR count). The Labute approximate surface area is 250 Å². The van der Waals surface area contributed by atoms with Gasteiger partial charge in [-0.05, 0) is 130 Å². The minimum atomic E-state index is 0.740. The van der Waals surface area contributed by atoms with Gasteiger partial charge in [0.05, 0.1) is 0 Å². The highest BCUT2D eigenvalue weighted by Gasteiger charge is 2.12. The van der Waals surface area contributed by atoms with E-state index in [2.05, 4.69) is 119 Å². The van der Waals surface area contributed by atoms with Gasteiger partial charge in [0.15, 0.2) is 0 Å². The predicted octanol–water partition coefficient (Wildman–Crippen LogP) is 13.4. The molecule has 0 aromatic heterocycles. The Morgan fingerprint density at radius 3 is 1.62 bits per heavy atom. The van der Waals surface area contributed by atoms with Crippen LogP contribution in [0.2, 0.25) is 0 Å². The standard InChI is InChI=1S/4C10H16/c4*1-8(2)10-6-4-9(3)5-7-10/h4H,5-7H2,1-3H3;4,7-8H,5-6H2,1-3H3;4,6,8H,5,7H2,1-3H3;4,10H,1,5-7H2,2-3H3. The van der Waals surface area contributed by atoms with Crippen LogP contribution < -0.4 is 0 Å². The van der Waals surface area contributed by atoms with Gasteiger partial charge in [-0.1, -0.05) is 121 Å². The molecule has 0 nitrogen and oxygen atoms in total. The molecule has 40 heavy (non-hydrogen) atoms. The van der Waals surface area contributed by atoms with Gasteiger partial charge in [0.25, 0.3) is 0 Å². The number of hydrogen-bond acceptors (Lipinski definition) is 0. The summed E-state index contributed by atoms with van der Waals surface area (Å²) in [5.74, 6) is 2.25. The predicted molar refractivity (Wildman–Crippen MR) is 184 cm³/mol. The van der Waals surface area contributed by atoms with Crippen molar-refractivity contribution in [3.63, 3.8) is 0 Å². The number of rotatable bonds is 3. The highest BCUT2D eigenvalue weighted by molar-refractivity contribution is 5.24. The summed E-state index contributed by atoms with van der Waals surface area (Å²) in [6.07, 6.45) is 26.4. The molecule has 0 bridgehead atoms. The van der Waals surface area contributed by atoms with E-state index in [1.54, 1.807) is 27.9 Å². The maximum Gasteiger partial charge on any atom is -0.0133 e. The lowest BCUT2D eigenvalue weighted by molar-refractivity contribution is 0.540. The van der Waals surface area contributed by atoms with Crippen molar-refractivity contribution >= 4 is 0 Å². The summed E-state index contributed by atoms with van der Waals surface area (Å²) < 4.78 is 0. The molecule has 0 spiro atoms. The van der Waals surface area contributed by atoms with Gasteiger partial charge in [0.1, 0.15) is 0 Å². The first-order valence-corrected chi connectivity index (χ1v) is 16.1. The molecule has 1 unspecified atom stereocenters. The highest BCUT2D eigenvalue weighted by Crippen LogP contribution is 2.28. The molecule has 0 N–H and O–H groups in total.